The second-order valence-corrected chi connectivity index (χ2v) is 7.68. The highest BCUT2D eigenvalue weighted by molar-refractivity contribution is 5.68. The van der Waals surface area contributed by atoms with Gasteiger partial charge in [0.1, 0.15) is 0 Å². The Labute approximate surface area is 151 Å². The van der Waals surface area contributed by atoms with Gasteiger partial charge in [0.15, 0.2) is 0 Å². The Balaban J connectivity index is 1.36. The molecule has 0 radical (unpaired) electrons. The molecule has 132 valence electrons. The van der Waals surface area contributed by atoms with Crippen LogP contribution in [0.3, 0.4) is 0 Å². The molecule has 0 saturated heterocycles. The Hall–Kier alpha value is -1.84. The number of nitrogens with two attached hydrogens (primary N) is 1. The van der Waals surface area contributed by atoms with E-state index in [0.29, 0.717) is 24.0 Å². The highest BCUT2D eigenvalue weighted by Gasteiger charge is 2.39. The van der Waals surface area contributed by atoms with Gasteiger partial charge in [-0.05, 0) is 60.9 Å². The molecule has 3 heteroatoms. The van der Waals surface area contributed by atoms with Crippen LogP contribution in [0, 0.1) is 0 Å². The van der Waals surface area contributed by atoms with E-state index in [-0.39, 0.29) is 0 Å². The summed E-state index contributed by atoms with van der Waals surface area (Å²) in [5.41, 5.74) is 11.2. The van der Waals surface area contributed by atoms with Crippen LogP contribution in [0.1, 0.15) is 43.6 Å². The van der Waals surface area contributed by atoms with Gasteiger partial charge in [0.05, 0.1) is 0 Å². The van der Waals surface area contributed by atoms with Crippen LogP contribution in [0.4, 0.5) is 5.69 Å². The van der Waals surface area contributed by atoms with Crippen molar-refractivity contribution in [2.75, 3.05) is 12.4 Å². The summed E-state index contributed by atoms with van der Waals surface area (Å²) in [5.74, 6) is 0.688. The van der Waals surface area contributed by atoms with Gasteiger partial charge in [-0.1, -0.05) is 36.4 Å². The van der Waals surface area contributed by atoms with Crippen molar-refractivity contribution in [3.8, 4) is 11.1 Å². The van der Waals surface area contributed by atoms with E-state index in [1.165, 1.54) is 48.8 Å². The SMILES string of the molecule is CNc1cccc(-c2ccc([C@@H]3CC3NC3CCC(N)CC3)cc2)c1. The Kier molecular flexibility index (Phi) is 4.78. The van der Waals surface area contributed by atoms with Crippen molar-refractivity contribution in [3.63, 3.8) is 0 Å². The number of rotatable bonds is 5. The fourth-order valence-corrected chi connectivity index (χ4v) is 4.11. The summed E-state index contributed by atoms with van der Waals surface area (Å²) in [4.78, 5) is 0. The first-order valence-corrected chi connectivity index (χ1v) is 9.62. The standard InChI is InChI=1S/C22H29N3/c1-24-20-4-2-3-17(13-20)15-5-7-16(8-6-15)21-14-22(21)25-19-11-9-18(23)10-12-19/h2-8,13,18-19,21-22,24-25H,9-12,14,23H2,1H3/t18?,19?,21-,22?/m0/s1. The van der Waals surface area contributed by atoms with Gasteiger partial charge in [0, 0.05) is 36.8 Å². The van der Waals surface area contributed by atoms with E-state index in [1.54, 1.807) is 0 Å². The van der Waals surface area contributed by atoms with Crippen molar-refractivity contribution in [2.24, 2.45) is 5.73 Å². The largest absolute Gasteiger partial charge is 0.388 e. The Morgan fingerprint density at radius 2 is 1.68 bits per heavy atom. The van der Waals surface area contributed by atoms with Crippen LogP contribution in [0.2, 0.25) is 0 Å². The Morgan fingerprint density at radius 1 is 0.920 bits per heavy atom. The van der Waals surface area contributed by atoms with Gasteiger partial charge in [-0.2, -0.15) is 0 Å². The highest BCUT2D eigenvalue weighted by atomic mass is 15.0. The average molecular weight is 335 g/mol. The van der Waals surface area contributed by atoms with Crippen LogP contribution >= 0.6 is 0 Å². The number of nitrogens with one attached hydrogen (secondary N) is 2. The van der Waals surface area contributed by atoms with Crippen LogP contribution in [0.15, 0.2) is 48.5 Å². The lowest BCUT2D eigenvalue weighted by molar-refractivity contribution is 0.339. The van der Waals surface area contributed by atoms with E-state index in [4.69, 9.17) is 5.73 Å². The summed E-state index contributed by atoms with van der Waals surface area (Å²) in [6.07, 6.45) is 6.11. The fourth-order valence-electron chi connectivity index (χ4n) is 4.11. The molecule has 0 spiro atoms. The summed E-state index contributed by atoms with van der Waals surface area (Å²) < 4.78 is 0. The normalized spacial score (nSPS) is 28.6. The number of hydrogen-bond acceptors (Lipinski definition) is 3. The van der Waals surface area contributed by atoms with Gasteiger partial charge in [0.25, 0.3) is 0 Å². The lowest BCUT2D eigenvalue weighted by Gasteiger charge is -2.27. The van der Waals surface area contributed by atoms with Gasteiger partial charge in [-0.3, -0.25) is 0 Å². The third kappa shape index (κ3) is 3.88. The fraction of sp³-hybridized carbons (Fsp3) is 0.455. The zero-order valence-electron chi connectivity index (χ0n) is 15.0. The molecule has 1 unspecified atom stereocenters. The van der Waals surface area contributed by atoms with Crippen molar-refractivity contribution in [1.82, 2.24) is 5.32 Å². The average Bonchev–Trinajstić information content (AvgIpc) is 3.43. The molecule has 2 aromatic rings. The van der Waals surface area contributed by atoms with Crippen molar-refractivity contribution in [1.29, 1.82) is 0 Å². The first-order valence-electron chi connectivity index (χ1n) is 9.62. The quantitative estimate of drug-likeness (QED) is 0.771. The van der Waals surface area contributed by atoms with Gasteiger partial charge in [-0.25, -0.2) is 0 Å². The molecule has 0 bridgehead atoms. The lowest BCUT2D eigenvalue weighted by atomic mass is 9.92. The molecule has 2 saturated carbocycles. The lowest BCUT2D eigenvalue weighted by Crippen LogP contribution is -2.38. The second-order valence-electron chi connectivity index (χ2n) is 7.68. The van der Waals surface area contributed by atoms with Crippen LogP contribution < -0.4 is 16.4 Å². The molecule has 4 N–H and O–H groups in total. The van der Waals surface area contributed by atoms with Crippen molar-refractivity contribution < 1.29 is 0 Å². The minimum atomic E-state index is 0.432. The Bertz CT molecular complexity index is 701. The van der Waals surface area contributed by atoms with Crippen molar-refractivity contribution >= 4 is 5.69 Å². The molecule has 2 aliphatic carbocycles. The zero-order valence-corrected chi connectivity index (χ0v) is 15.0. The molecule has 0 aromatic heterocycles. The first kappa shape index (κ1) is 16.6. The van der Waals surface area contributed by atoms with Gasteiger partial charge in [0.2, 0.25) is 0 Å². The molecule has 2 aliphatic rings. The van der Waals surface area contributed by atoms with Crippen molar-refractivity contribution in [2.45, 2.75) is 56.1 Å². The van der Waals surface area contributed by atoms with Crippen LogP contribution in [0.5, 0.6) is 0 Å². The minimum Gasteiger partial charge on any atom is -0.388 e. The Morgan fingerprint density at radius 3 is 2.40 bits per heavy atom. The van der Waals surface area contributed by atoms with E-state index in [0.717, 1.165) is 5.69 Å². The highest BCUT2D eigenvalue weighted by Crippen LogP contribution is 2.42. The van der Waals surface area contributed by atoms with E-state index < -0.39 is 0 Å². The molecule has 2 aromatic carbocycles. The molecule has 25 heavy (non-hydrogen) atoms. The van der Waals surface area contributed by atoms with E-state index in [9.17, 15) is 0 Å². The first-order chi connectivity index (χ1) is 12.2. The maximum absolute atomic E-state index is 6.01. The molecule has 0 aliphatic heterocycles. The number of hydrogen-bond donors (Lipinski definition) is 3. The van der Waals surface area contributed by atoms with Gasteiger partial charge in [-0.15, -0.1) is 0 Å². The molecule has 3 nitrogen and oxygen atoms in total. The predicted octanol–water partition coefficient (Wildman–Crippen LogP) is 4.11. The number of benzene rings is 2. The molecule has 0 heterocycles. The van der Waals surface area contributed by atoms with Gasteiger partial charge < -0.3 is 16.4 Å². The van der Waals surface area contributed by atoms with E-state index in [1.807, 2.05) is 7.05 Å². The third-order valence-corrected chi connectivity index (χ3v) is 5.84. The summed E-state index contributed by atoms with van der Waals surface area (Å²) >= 11 is 0. The second kappa shape index (κ2) is 7.19. The third-order valence-electron chi connectivity index (χ3n) is 5.84. The van der Waals surface area contributed by atoms with Gasteiger partial charge >= 0.3 is 0 Å². The monoisotopic (exact) mass is 335 g/mol. The molecular weight excluding hydrogens is 306 g/mol. The molecule has 0 amide bonds. The number of anilines is 1. The van der Waals surface area contributed by atoms with Crippen molar-refractivity contribution in [3.05, 3.63) is 54.1 Å². The molecular formula is C22H29N3. The molecule has 2 fully saturated rings. The maximum atomic E-state index is 6.01. The summed E-state index contributed by atoms with van der Waals surface area (Å²) in [5, 5.41) is 7.07. The maximum Gasteiger partial charge on any atom is 0.0343 e. The zero-order chi connectivity index (χ0) is 17.2. The minimum absolute atomic E-state index is 0.432. The van der Waals surface area contributed by atoms with E-state index in [2.05, 4.69) is 59.2 Å². The summed E-state index contributed by atoms with van der Waals surface area (Å²) in [6, 6.07) is 19.5. The topological polar surface area (TPSA) is 50.1 Å². The van der Waals surface area contributed by atoms with Crippen LogP contribution in [-0.4, -0.2) is 25.2 Å². The predicted molar refractivity (Wildman–Crippen MR) is 106 cm³/mol. The van der Waals surface area contributed by atoms with Crippen LogP contribution in [-0.2, 0) is 0 Å². The van der Waals surface area contributed by atoms with E-state index >= 15 is 0 Å². The van der Waals surface area contributed by atoms with Crippen LogP contribution in [0.25, 0.3) is 11.1 Å². The summed E-state index contributed by atoms with van der Waals surface area (Å²) in [7, 11) is 1.96. The smallest absolute Gasteiger partial charge is 0.0343 e. The molecule has 4 rings (SSSR count). The molecule has 2 atom stereocenters. The summed E-state index contributed by atoms with van der Waals surface area (Å²) in [6.45, 7) is 0.